The summed E-state index contributed by atoms with van der Waals surface area (Å²) in [6.45, 7) is 0.943. The first-order valence-corrected chi connectivity index (χ1v) is 6.72. The minimum absolute atomic E-state index is 0.475. The third-order valence-corrected chi connectivity index (χ3v) is 2.93. The Morgan fingerprint density at radius 3 is 2.62 bits per heavy atom. The summed E-state index contributed by atoms with van der Waals surface area (Å²) in [5, 5.41) is 8.15. The quantitative estimate of drug-likeness (QED) is 0.722. The van der Waals surface area contributed by atoms with Crippen molar-refractivity contribution in [2.24, 2.45) is 11.1 Å². The SMILES string of the molecule is NS(=O)(=O)Nc1cccc(NCC2CC2)c1. The van der Waals surface area contributed by atoms with Gasteiger partial charge in [0, 0.05) is 12.2 Å². The van der Waals surface area contributed by atoms with Crippen LogP contribution in [0.5, 0.6) is 0 Å². The number of benzene rings is 1. The molecule has 0 aliphatic heterocycles. The summed E-state index contributed by atoms with van der Waals surface area (Å²) in [6.07, 6.45) is 2.56. The van der Waals surface area contributed by atoms with Gasteiger partial charge < -0.3 is 5.32 Å². The van der Waals surface area contributed by atoms with E-state index in [0.29, 0.717) is 5.69 Å². The second-order valence-electron chi connectivity index (χ2n) is 4.05. The molecule has 0 aromatic heterocycles. The first-order chi connectivity index (χ1) is 7.53. The normalized spacial score (nSPS) is 15.8. The van der Waals surface area contributed by atoms with Gasteiger partial charge in [-0.1, -0.05) is 6.07 Å². The maximum Gasteiger partial charge on any atom is 0.296 e. The highest BCUT2D eigenvalue weighted by atomic mass is 32.2. The van der Waals surface area contributed by atoms with E-state index in [1.54, 1.807) is 18.2 Å². The minimum atomic E-state index is -3.69. The van der Waals surface area contributed by atoms with Crippen LogP contribution in [-0.4, -0.2) is 15.0 Å². The van der Waals surface area contributed by atoms with E-state index in [-0.39, 0.29) is 0 Å². The van der Waals surface area contributed by atoms with E-state index in [0.717, 1.165) is 18.2 Å². The van der Waals surface area contributed by atoms with Crippen molar-refractivity contribution < 1.29 is 8.42 Å². The third-order valence-electron chi connectivity index (χ3n) is 2.41. The summed E-state index contributed by atoms with van der Waals surface area (Å²) in [5.74, 6) is 0.773. The van der Waals surface area contributed by atoms with E-state index >= 15 is 0 Å². The lowest BCUT2D eigenvalue weighted by Crippen LogP contribution is -2.21. The van der Waals surface area contributed by atoms with Gasteiger partial charge in [0.25, 0.3) is 10.2 Å². The second kappa shape index (κ2) is 4.31. The van der Waals surface area contributed by atoms with E-state index in [9.17, 15) is 8.42 Å². The van der Waals surface area contributed by atoms with Gasteiger partial charge in [0.05, 0.1) is 5.69 Å². The molecule has 0 amide bonds. The van der Waals surface area contributed by atoms with Gasteiger partial charge in [-0.3, -0.25) is 4.72 Å². The van der Waals surface area contributed by atoms with Crippen LogP contribution >= 0.6 is 0 Å². The summed E-state index contributed by atoms with van der Waals surface area (Å²) in [6, 6.07) is 7.07. The van der Waals surface area contributed by atoms with Gasteiger partial charge in [-0.25, -0.2) is 5.14 Å². The Kier molecular flexibility index (Phi) is 3.02. The summed E-state index contributed by atoms with van der Waals surface area (Å²) in [7, 11) is -3.69. The molecule has 0 atom stereocenters. The van der Waals surface area contributed by atoms with E-state index in [1.807, 2.05) is 6.07 Å². The molecule has 1 aliphatic rings. The maximum atomic E-state index is 10.8. The van der Waals surface area contributed by atoms with Crippen LogP contribution in [0.25, 0.3) is 0 Å². The fourth-order valence-corrected chi connectivity index (χ4v) is 1.90. The van der Waals surface area contributed by atoms with Crippen LogP contribution in [0.3, 0.4) is 0 Å². The number of anilines is 2. The van der Waals surface area contributed by atoms with Crippen molar-refractivity contribution in [2.75, 3.05) is 16.6 Å². The maximum absolute atomic E-state index is 10.8. The molecule has 0 unspecified atom stereocenters. The average molecular weight is 241 g/mol. The van der Waals surface area contributed by atoms with Gasteiger partial charge in [-0.15, -0.1) is 0 Å². The fourth-order valence-electron chi connectivity index (χ4n) is 1.44. The summed E-state index contributed by atoms with van der Waals surface area (Å²) >= 11 is 0. The molecule has 0 heterocycles. The molecule has 1 fully saturated rings. The molecule has 4 N–H and O–H groups in total. The topological polar surface area (TPSA) is 84.2 Å². The van der Waals surface area contributed by atoms with E-state index < -0.39 is 10.2 Å². The lowest BCUT2D eigenvalue weighted by molar-refractivity contribution is 0.603. The van der Waals surface area contributed by atoms with Crippen molar-refractivity contribution in [2.45, 2.75) is 12.8 Å². The highest BCUT2D eigenvalue weighted by Gasteiger charge is 2.20. The molecule has 0 saturated heterocycles. The molecule has 1 aromatic carbocycles. The Labute approximate surface area is 95.2 Å². The van der Waals surface area contributed by atoms with Crippen LogP contribution in [0.4, 0.5) is 11.4 Å². The number of nitrogens with two attached hydrogens (primary N) is 1. The molecule has 6 heteroatoms. The van der Waals surface area contributed by atoms with Crippen molar-refractivity contribution >= 4 is 21.6 Å². The summed E-state index contributed by atoms with van der Waals surface area (Å²) in [5.41, 5.74) is 1.38. The van der Waals surface area contributed by atoms with Crippen molar-refractivity contribution in [1.29, 1.82) is 0 Å². The minimum Gasteiger partial charge on any atom is -0.385 e. The average Bonchev–Trinajstić information content (AvgIpc) is 2.96. The van der Waals surface area contributed by atoms with Gasteiger partial charge in [0.15, 0.2) is 0 Å². The van der Waals surface area contributed by atoms with Gasteiger partial charge in [-0.2, -0.15) is 8.42 Å². The van der Waals surface area contributed by atoms with Crippen LogP contribution in [-0.2, 0) is 10.2 Å². The molecule has 88 valence electrons. The van der Waals surface area contributed by atoms with Gasteiger partial charge >= 0.3 is 0 Å². The van der Waals surface area contributed by atoms with E-state index in [4.69, 9.17) is 5.14 Å². The Balaban J connectivity index is 2.00. The number of hydrogen-bond acceptors (Lipinski definition) is 3. The molecule has 5 nitrogen and oxygen atoms in total. The molecular formula is C10H15N3O2S. The zero-order valence-corrected chi connectivity index (χ0v) is 9.63. The Morgan fingerprint density at radius 2 is 2.00 bits per heavy atom. The van der Waals surface area contributed by atoms with E-state index in [2.05, 4.69) is 10.0 Å². The van der Waals surface area contributed by atoms with E-state index in [1.165, 1.54) is 12.8 Å². The van der Waals surface area contributed by atoms with Crippen molar-refractivity contribution in [3.8, 4) is 0 Å². The van der Waals surface area contributed by atoms with Gasteiger partial charge in [0.1, 0.15) is 0 Å². The molecule has 1 aliphatic carbocycles. The number of nitrogens with one attached hydrogen (secondary N) is 2. The monoisotopic (exact) mass is 241 g/mol. The molecule has 1 saturated carbocycles. The Hall–Kier alpha value is -1.27. The second-order valence-corrected chi connectivity index (χ2v) is 5.35. The van der Waals surface area contributed by atoms with Crippen LogP contribution in [0, 0.1) is 5.92 Å². The Bertz CT molecular complexity index is 469. The molecule has 2 rings (SSSR count). The summed E-state index contributed by atoms with van der Waals surface area (Å²) in [4.78, 5) is 0. The highest BCUT2D eigenvalue weighted by Crippen LogP contribution is 2.29. The lowest BCUT2D eigenvalue weighted by atomic mass is 10.3. The molecule has 0 spiro atoms. The van der Waals surface area contributed by atoms with Crippen LogP contribution in [0.15, 0.2) is 24.3 Å². The molecule has 1 aromatic rings. The van der Waals surface area contributed by atoms with Crippen LogP contribution < -0.4 is 15.2 Å². The van der Waals surface area contributed by atoms with Crippen LogP contribution in [0.2, 0.25) is 0 Å². The van der Waals surface area contributed by atoms with Crippen molar-refractivity contribution in [1.82, 2.24) is 0 Å². The highest BCUT2D eigenvalue weighted by molar-refractivity contribution is 7.90. The zero-order valence-electron chi connectivity index (χ0n) is 8.81. The largest absolute Gasteiger partial charge is 0.385 e. The first-order valence-electron chi connectivity index (χ1n) is 5.17. The van der Waals surface area contributed by atoms with Crippen molar-refractivity contribution in [3.05, 3.63) is 24.3 Å². The predicted octanol–water partition coefficient (Wildman–Crippen LogP) is 1.12. The summed E-state index contributed by atoms with van der Waals surface area (Å²) < 4.78 is 23.9. The first kappa shape index (κ1) is 11.2. The molecular weight excluding hydrogens is 226 g/mol. The smallest absolute Gasteiger partial charge is 0.296 e. The number of rotatable bonds is 5. The third kappa shape index (κ3) is 3.71. The van der Waals surface area contributed by atoms with Crippen LogP contribution in [0.1, 0.15) is 12.8 Å². The lowest BCUT2D eigenvalue weighted by Gasteiger charge is -2.08. The zero-order chi connectivity index (χ0) is 11.6. The van der Waals surface area contributed by atoms with Gasteiger partial charge in [0.2, 0.25) is 0 Å². The predicted molar refractivity (Wildman–Crippen MR) is 64.4 cm³/mol. The Morgan fingerprint density at radius 1 is 1.31 bits per heavy atom. The van der Waals surface area contributed by atoms with Crippen molar-refractivity contribution in [3.63, 3.8) is 0 Å². The number of hydrogen-bond donors (Lipinski definition) is 3. The fraction of sp³-hybridized carbons (Fsp3) is 0.400. The molecule has 16 heavy (non-hydrogen) atoms. The van der Waals surface area contributed by atoms with Gasteiger partial charge in [-0.05, 0) is 37.0 Å². The molecule has 0 bridgehead atoms. The molecule has 0 radical (unpaired) electrons. The standard InChI is InChI=1S/C10H15N3O2S/c11-16(14,15)13-10-3-1-2-9(6-10)12-7-8-4-5-8/h1-3,6,8,12-13H,4-5,7H2,(H2,11,14,15).